The number of hydrogen-bond donors (Lipinski definition) is 3. The Labute approximate surface area is 148 Å². The summed E-state index contributed by atoms with van der Waals surface area (Å²) in [5, 5.41) is 2.89. The van der Waals surface area contributed by atoms with Gasteiger partial charge in [0.25, 0.3) is 0 Å². The molecule has 0 bridgehead atoms. The van der Waals surface area contributed by atoms with Crippen molar-refractivity contribution in [2.45, 2.75) is 38.8 Å². The minimum Gasteiger partial charge on any atom is -0.352 e. The van der Waals surface area contributed by atoms with Crippen LogP contribution in [0.2, 0.25) is 0 Å². The first-order valence-corrected chi connectivity index (χ1v) is 8.60. The van der Waals surface area contributed by atoms with Crippen LogP contribution < -0.4 is 16.2 Å². The molecule has 0 fully saturated rings. The van der Waals surface area contributed by atoms with Gasteiger partial charge in [0, 0.05) is 25.9 Å². The first-order valence-electron chi connectivity index (χ1n) is 8.60. The first-order chi connectivity index (χ1) is 12.2. The van der Waals surface area contributed by atoms with Crippen LogP contribution in [0.15, 0.2) is 60.7 Å². The van der Waals surface area contributed by atoms with Crippen LogP contribution in [0, 0.1) is 0 Å². The normalized spacial score (nSPS) is 10.2. The van der Waals surface area contributed by atoms with Crippen LogP contribution in [0.5, 0.6) is 0 Å². The fourth-order valence-electron chi connectivity index (χ4n) is 2.36. The van der Waals surface area contributed by atoms with E-state index < -0.39 is 0 Å². The molecule has 0 aliphatic carbocycles. The van der Waals surface area contributed by atoms with Crippen molar-refractivity contribution in [1.82, 2.24) is 16.2 Å². The van der Waals surface area contributed by atoms with E-state index in [1.807, 2.05) is 60.7 Å². The highest BCUT2D eigenvalue weighted by Gasteiger charge is 2.04. The molecule has 0 heterocycles. The van der Waals surface area contributed by atoms with Gasteiger partial charge in [0.1, 0.15) is 0 Å². The highest BCUT2D eigenvalue weighted by atomic mass is 16.2. The molecule has 0 spiro atoms. The summed E-state index contributed by atoms with van der Waals surface area (Å²) in [5.41, 5.74) is 7.78. The Morgan fingerprint density at radius 2 is 1.20 bits per heavy atom. The van der Waals surface area contributed by atoms with Crippen molar-refractivity contribution in [3.63, 3.8) is 0 Å². The quantitative estimate of drug-likeness (QED) is 0.460. The van der Waals surface area contributed by atoms with Crippen LogP contribution in [0.3, 0.4) is 0 Å². The predicted molar refractivity (Wildman–Crippen MR) is 98.2 cm³/mol. The van der Waals surface area contributed by atoms with Crippen LogP contribution >= 0.6 is 0 Å². The summed E-state index contributed by atoms with van der Waals surface area (Å²) in [7, 11) is 0. The summed E-state index contributed by atoms with van der Waals surface area (Å²) in [6.07, 6.45) is 2.25. The molecular weight excluding hydrogens is 314 g/mol. The van der Waals surface area contributed by atoms with Gasteiger partial charge in [0.05, 0.1) is 0 Å². The van der Waals surface area contributed by atoms with Gasteiger partial charge in [0.15, 0.2) is 0 Å². The van der Waals surface area contributed by atoms with E-state index >= 15 is 0 Å². The standard InChI is InChI=1S/C20H25N3O2/c24-19(21-15-17-9-3-1-4-10-17)13-7-8-14-20(25)23-22-16-18-11-5-2-6-12-18/h1-6,9-12,22H,7-8,13-16H2,(H,21,24)(H,23,25). The zero-order valence-electron chi connectivity index (χ0n) is 14.3. The Balaban J connectivity index is 1.49. The van der Waals surface area contributed by atoms with Crippen molar-refractivity contribution in [3.05, 3.63) is 71.8 Å². The molecule has 0 atom stereocenters. The minimum atomic E-state index is -0.0550. The third-order valence-corrected chi connectivity index (χ3v) is 3.75. The summed E-state index contributed by atoms with van der Waals surface area (Å²) in [6.45, 7) is 1.14. The average Bonchev–Trinajstić information content (AvgIpc) is 2.65. The van der Waals surface area contributed by atoms with Gasteiger partial charge in [-0.15, -0.1) is 0 Å². The molecule has 2 aromatic rings. The first kappa shape index (κ1) is 18.7. The maximum Gasteiger partial charge on any atom is 0.234 e. The third kappa shape index (κ3) is 8.13. The van der Waals surface area contributed by atoms with Crippen molar-refractivity contribution in [2.24, 2.45) is 0 Å². The third-order valence-electron chi connectivity index (χ3n) is 3.75. The molecule has 0 aliphatic heterocycles. The molecule has 2 rings (SSSR count). The Bertz CT molecular complexity index is 645. The fourth-order valence-corrected chi connectivity index (χ4v) is 2.36. The van der Waals surface area contributed by atoms with Gasteiger partial charge >= 0.3 is 0 Å². The van der Waals surface area contributed by atoms with Gasteiger partial charge < -0.3 is 5.32 Å². The van der Waals surface area contributed by atoms with Crippen LogP contribution in [0.4, 0.5) is 0 Å². The monoisotopic (exact) mass is 339 g/mol. The van der Waals surface area contributed by atoms with E-state index in [2.05, 4.69) is 16.2 Å². The molecule has 0 unspecified atom stereocenters. The van der Waals surface area contributed by atoms with Gasteiger partial charge in [0.2, 0.25) is 11.8 Å². The SMILES string of the molecule is O=C(CCCCC(=O)NNCc1ccccc1)NCc1ccccc1. The zero-order chi connectivity index (χ0) is 17.7. The number of benzene rings is 2. The highest BCUT2D eigenvalue weighted by molar-refractivity contribution is 5.76. The van der Waals surface area contributed by atoms with E-state index in [1.54, 1.807) is 0 Å². The minimum absolute atomic E-state index is 0.0199. The topological polar surface area (TPSA) is 70.2 Å². The van der Waals surface area contributed by atoms with Crippen molar-refractivity contribution < 1.29 is 9.59 Å². The van der Waals surface area contributed by atoms with Crippen molar-refractivity contribution in [3.8, 4) is 0 Å². The Hall–Kier alpha value is -2.66. The van der Waals surface area contributed by atoms with E-state index in [9.17, 15) is 9.59 Å². The van der Waals surface area contributed by atoms with E-state index in [0.717, 1.165) is 11.1 Å². The number of carbonyl (C=O) groups is 2. The van der Waals surface area contributed by atoms with E-state index in [1.165, 1.54) is 0 Å². The molecule has 5 nitrogen and oxygen atoms in total. The van der Waals surface area contributed by atoms with Crippen LogP contribution in [-0.4, -0.2) is 11.8 Å². The Morgan fingerprint density at radius 3 is 1.80 bits per heavy atom. The number of hydrogen-bond acceptors (Lipinski definition) is 3. The molecule has 0 saturated heterocycles. The molecule has 25 heavy (non-hydrogen) atoms. The van der Waals surface area contributed by atoms with Gasteiger partial charge in [-0.2, -0.15) is 0 Å². The van der Waals surface area contributed by atoms with Crippen molar-refractivity contribution in [2.75, 3.05) is 0 Å². The number of carbonyl (C=O) groups excluding carboxylic acids is 2. The second-order valence-electron chi connectivity index (χ2n) is 5.86. The van der Waals surface area contributed by atoms with Crippen LogP contribution in [-0.2, 0) is 22.7 Å². The highest BCUT2D eigenvalue weighted by Crippen LogP contribution is 2.02. The number of unbranched alkanes of at least 4 members (excludes halogenated alkanes) is 1. The van der Waals surface area contributed by atoms with Gasteiger partial charge in [-0.1, -0.05) is 60.7 Å². The molecular formula is C20H25N3O2. The fraction of sp³-hybridized carbons (Fsp3) is 0.300. The number of nitrogens with one attached hydrogen (secondary N) is 3. The molecule has 2 amide bonds. The second-order valence-corrected chi connectivity index (χ2v) is 5.86. The number of amides is 2. The van der Waals surface area contributed by atoms with Crippen LogP contribution in [0.1, 0.15) is 36.8 Å². The van der Waals surface area contributed by atoms with Gasteiger partial charge in [-0.3, -0.25) is 15.0 Å². The van der Waals surface area contributed by atoms with Crippen molar-refractivity contribution >= 4 is 11.8 Å². The Kier molecular flexibility index (Phi) is 8.21. The van der Waals surface area contributed by atoms with Crippen molar-refractivity contribution in [1.29, 1.82) is 0 Å². The molecule has 2 aromatic carbocycles. The molecule has 0 radical (unpaired) electrons. The number of rotatable bonds is 10. The van der Waals surface area contributed by atoms with Gasteiger partial charge in [-0.05, 0) is 24.0 Å². The lowest BCUT2D eigenvalue weighted by molar-refractivity contribution is -0.123. The summed E-state index contributed by atoms with van der Waals surface area (Å²) >= 11 is 0. The summed E-state index contributed by atoms with van der Waals surface area (Å²) in [4.78, 5) is 23.5. The molecule has 0 aromatic heterocycles. The number of hydrazine groups is 1. The maximum atomic E-state index is 11.8. The zero-order valence-corrected chi connectivity index (χ0v) is 14.3. The predicted octanol–water partition coefficient (Wildman–Crippen LogP) is 2.68. The smallest absolute Gasteiger partial charge is 0.234 e. The van der Waals surface area contributed by atoms with Crippen LogP contribution in [0.25, 0.3) is 0 Å². The lowest BCUT2D eigenvalue weighted by Crippen LogP contribution is -2.36. The summed E-state index contributed by atoms with van der Waals surface area (Å²) in [6, 6.07) is 19.7. The average molecular weight is 339 g/mol. The van der Waals surface area contributed by atoms with E-state index in [-0.39, 0.29) is 11.8 Å². The van der Waals surface area contributed by atoms with E-state index in [4.69, 9.17) is 0 Å². The lowest BCUT2D eigenvalue weighted by Gasteiger charge is -2.07. The summed E-state index contributed by atoms with van der Waals surface area (Å²) < 4.78 is 0. The molecule has 3 N–H and O–H groups in total. The molecule has 0 aliphatic rings. The maximum absolute atomic E-state index is 11.8. The molecule has 0 saturated carbocycles. The van der Waals surface area contributed by atoms with E-state index in [0.29, 0.717) is 38.8 Å². The second kappa shape index (κ2) is 11.0. The lowest BCUT2D eigenvalue weighted by atomic mass is 10.1. The molecule has 132 valence electrons. The van der Waals surface area contributed by atoms with Gasteiger partial charge in [-0.25, -0.2) is 5.43 Å². The largest absolute Gasteiger partial charge is 0.352 e. The Morgan fingerprint density at radius 1 is 0.680 bits per heavy atom. The molecule has 5 heteroatoms. The summed E-state index contributed by atoms with van der Waals surface area (Å²) in [5.74, 6) is -0.0351.